The summed E-state index contributed by atoms with van der Waals surface area (Å²) in [6.45, 7) is 3.93. The number of benzene rings is 1. The first-order valence-corrected chi connectivity index (χ1v) is 7.97. The van der Waals surface area contributed by atoms with Crippen molar-refractivity contribution in [2.75, 3.05) is 25.1 Å². The molecule has 5 heteroatoms. The van der Waals surface area contributed by atoms with Gasteiger partial charge in [0, 0.05) is 24.4 Å². The van der Waals surface area contributed by atoms with E-state index in [1.54, 1.807) is 11.3 Å². The highest BCUT2D eigenvalue weighted by molar-refractivity contribution is 7.13. The van der Waals surface area contributed by atoms with Crippen molar-refractivity contribution < 1.29 is 9.53 Å². The van der Waals surface area contributed by atoms with Gasteiger partial charge in [-0.1, -0.05) is 25.1 Å². The quantitative estimate of drug-likeness (QED) is 0.814. The van der Waals surface area contributed by atoms with Crippen LogP contribution in [-0.4, -0.2) is 31.2 Å². The molecule has 0 bridgehead atoms. The van der Waals surface area contributed by atoms with E-state index in [4.69, 9.17) is 4.74 Å². The molecule has 110 valence electrons. The van der Waals surface area contributed by atoms with Crippen LogP contribution >= 0.6 is 11.3 Å². The minimum Gasteiger partial charge on any atom is -0.465 e. The Morgan fingerprint density at radius 1 is 1.43 bits per heavy atom. The average molecular weight is 302 g/mol. The van der Waals surface area contributed by atoms with E-state index in [9.17, 15) is 4.79 Å². The van der Waals surface area contributed by atoms with E-state index >= 15 is 0 Å². The number of anilines is 1. The summed E-state index contributed by atoms with van der Waals surface area (Å²) < 4.78 is 4.86. The van der Waals surface area contributed by atoms with Crippen LogP contribution in [0.4, 0.5) is 5.13 Å². The predicted octanol–water partition coefficient (Wildman–Crippen LogP) is 3.10. The molecule has 0 unspecified atom stereocenters. The number of hydrogen-bond donors (Lipinski definition) is 0. The summed E-state index contributed by atoms with van der Waals surface area (Å²) in [7, 11) is 1.42. The first-order valence-electron chi connectivity index (χ1n) is 7.09. The lowest BCUT2D eigenvalue weighted by molar-refractivity contribution is 0.0598. The summed E-state index contributed by atoms with van der Waals surface area (Å²) >= 11 is 1.69. The number of thiazole rings is 1. The van der Waals surface area contributed by atoms with E-state index in [1.807, 2.05) is 24.3 Å². The number of esters is 1. The number of rotatable bonds is 4. The van der Waals surface area contributed by atoms with Crippen LogP contribution in [0.5, 0.6) is 0 Å². The van der Waals surface area contributed by atoms with Crippen molar-refractivity contribution in [2.24, 2.45) is 0 Å². The van der Waals surface area contributed by atoms with Crippen molar-refractivity contribution in [2.45, 2.75) is 19.3 Å². The van der Waals surface area contributed by atoms with Crippen LogP contribution in [0.2, 0.25) is 0 Å². The van der Waals surface area contributed by atoms with Gasteiger partial charge in [0.05, 0.1) is 18.4 Å². The van der Waals surface area contributed by atoms with E-state index in [0.29, 0.717) is 11.5 Å². The second-order valence-corrected chi connectivity index (χ2v) is 5.99. The van der Waals surface area contributed by atoms with E-state index in [0.717, 1.165) is 35.9 Å². The van der Waals surface area contributed by atoms with E-state index in [-0.39, 0.29) is 5.97 Å². The van der Waals surface area contributed by atoms with Gasteiger partial charge in [-0.2, -0.15) is 0 Å². The normalized spacial score (nSPS) is 14.9. The molecule has 4 nitrogen and oxygen atoms in total. The van der Waals surface area contributed by atoms with Gasteiger partial charge in [0.25, 0.3) is 0 Å². The Bertz CT molecular complexity index is 647. The Morgan fingerprint density at radius 3 is 2.86 bits per heavy atom. The maximum atomic E-state index is 11.8. The van der Waals surface area contributed by atoms with Crippen molar-refractivity contribution in [3.63, 3.8) is 0 Å². The number of ether oxygens (including phenoxy) is 1. The zero-order valence-corrected chi connectivity index (χ0v) is 13.0. The molecule has 3 rings (SSSR count). The largest absolute Gasteiger partial charge is 0.465 e. The molecule has 21 heavy (non-hydrogen) atoms. The molecule has 1 aromatic carbocycles. The molecule has 1 fully saturated rings. The Balaban J connectivity index is 1.73. The van der Waals surface area contributed by atoms with Crippen LogP contribution < -0.4 is 4.90 Å². The highest BCUT2D eigenvalue weighted by Crippen LogP contribution is 2.34. The van der Waals surface area contributed by atoms with Crippen molar-refractivity contribution in [3.05, 3.63) is 46.5 Å². The zero-order valence-electron chi connectivity index (χ0n) is 12.2. The smallest absolute Gasteiger partial charge is 0.338 e. The molecule has 0 aliphatic carbocycles. The van der Waals surface area contributed by atoms with Gasteiger partial charge in [-0.15, -0.1) is 11.3 Å². The summed E-state index contributed by atoms with van der Waals surface area (Å²) in [6, 6.07) is 7.71. The number of nitrogens with zero attached hydrogens (tertiary/aromatic N) is 2. The molecule has 0 spiro atoms. The molecular weight excluding hydrogens is 284 g/mol. The Labute approximate surface area is 128 Å². The van der Waals surface area contributed by atoms with E-state index < -0.39 is 0 Å². The summed E-state index contributed by atoms with van der Waals surface area (Å²) in [4.78, 5) is 18.7. The van der Waals surface area contributed by atoms with Crippen LogP contribution in [0.15, 0.2) is 29.6 Å². The van der Waals surface area contributed by atoms with Crippen LogP contribution in [0.3, 0.4) is 0 Å². The van der Waals surface area contributed by atoms with Gasteiger partial charge < -0.3 is 9.64 Å². The lowest BCUT2D eigenvalue weighted by atomic mass is 9.88. The molecule has 2 aromatic rings. The van der Waals surface area contributed by atoms with E-state index in [2.05, 4.69) is 22.2 Å². The lowest BCUT2D eigenvalue weighted by Crippen LogP contribution is -2.45. The third-order valence-corrected chi connectivity index (χ3v) is 4.81. The summed E-state index contributed by atoms with van der Waals surface area (Å²) in [5.74, 6) is 0.112. The van der Waals surface area contributed by atoms with Crippen LogP contribution in [0.1, 0.15) is 34.5 Å². The highest BCUT2D eigenvalue weighted by atomic mass is 32.1. The zero-order chi connectivity index (χ0) is 14.8. The molecular formula is C16H18N2O2S. The summed E-state index contributed by atoms with van der Waals surface area (Å²) in [6.07, 6.45) is 0.971. The number of carbonyl (C=O) groups is 1. The number of methoxy groups -OCH3 is 1. The van der Waals surface area contributed by atoms with Crippen molar-refractivity contribution >= 4 is 22.4 Å². The summed E-state index contributed by atoms with van der Waals surface area (Å²) in [5, 5.41) is 3.20. The van der Waals surface area contributed by atoms with Crippen LogP contribution in [-0.2, 0) is 11.2 Å². The van der Waals surface area contributed by atoms with Crippen LogP contribution in [0.25, 0.3) is 0 Å². The van der Waals surface area contributed by atoms with Crippen molar-refractivity contribution in [1.29, 1.82) is 0 Å². The maximum Gasteiger partial charge on any atom is 0.338 e. The number of hydrogen-bond acceptors (Lipinski definition) is 5. The van der Waals surface area contributed by atoms with Crippen molar-refractivity contribution in [1.82, 2.24) is 4.98 Å². The molecule has 0 N–H and O–H groups in total. The predicted molar refractivity (Wildman–Crippen MR) is 84.2 cm³/mol. The fourth-order valence-corrected chi connectivity index (χ4v) is 3.51. The molecule has 1 aromatic heterocycles. The van der Waals surface area contributed by atoms with Gasteiger partial charge in [-0.25, -0.2) is 9.78 Å². The van der Waals surface area contributed by atoms with Gasteiger partial charge in [0.1, 0.15) is 0 Å². The molecule has 2 heterocycles. The fraction of sp³-hybridized carbons (Fsp3) is 0.375. The number of aromatic nitrogens is 1. The Morgan fingerprint density at radius 2 is 2.19 bits per heavy atom. The van der Waals surface area contributed by atoms with Gasteiger partial charge in [-0.3, -0.25) is 0 Å². The monoisotopic (exact) mass is 302 g/mol. The first-order chi connectivity index (χ1) is 10.2. The second-order valence-electron chi connectivity index (χ2n) is 5.16. The Kier molecular flexibility index (Phi) is 3.92. The maximum absolute atomic E-state index is 11.8. The van der Waals surface area contributed by atoms with E-state index in [1.165, 1.54) is 7.11 Å². The molecule has 0 radical (unpaired) electrons. The van der Waals surface area contributed by atoms with Gasteiger partial charge in [0.15, 0.2) is 5.13 Å². The van der Waals surface area contributed by atoms with Gasteiger partial charge in [0.2, 0.25) is 0 Å². The molecule has 1 saturated heterocycles. The first kappa shape index (κ1) is 14.1. The molecule has 0 amide bonds. The topological polar surface area (TPSA) is 42.4 Å². The van der Waals surface area contributed by atoms with Crippen LogP contribution in [0, 0.1) is 0 Å². The highest BCUT2D eigenvalue weighted by Gasteiger charge is 2.32. The van der Waals surface area contributed by atoms with Crippen molar-refractivity contribution in [3.8, 4) is 0 Å². The molecule has 0 atom stereocenters. The number of carbonyl (C=O) groups excluding carboxylic acids is 1. The minimum atomic E-state index is -0.258. The molecule has 1 aliphatic heterocycles. The fourth-order valence-electron chi connectivity index (χ4n) is 2.58. The third kappa shape index (κ3) is 2.65. The summed E-state index contributed by atoms with van der Waals surface area (Å²) in [5.41, 5.74) is 2.90. The van der Waals surface area contributed by atoms with Gasteiger partial charge >= 0.3 is 5.97 Å². The number of aryl methyl sites for hydroxylation is 1. The Hall–Kier alpha value is -1.88. The molecule has 0 saturated carbocycles. The average Bonchev–Trinajstić information content (AvgIpc) is 2.94. The standard InChI is InChI=1S/C16H18N2O2S/c1-3-12-10-21-16(17-12)18-8-11(9-18)13-6-4-5-7-14(13)15(19)20-2/h4-7,10-11H,3,8-9H2,1-2H3. The second kappa shape index (κ2) is 5.85. The SMILES string of the molecule is CCc1csc(N2CC(c3ccccc3C(=O)OC)C2)n1. The third-order valence-electron chi connectivity index (χ3n) is 3.86. The van der Waals surface area contributed by atoms with Gasteiger partial charge in [-0.05, 0) is 18.1 Å². The molecule has 1 aliphatic rings. The minimum absolute atomic E-state index is 0.258. The lowest BCUT2D eigenvalue weighted by Gasteiger charge is -2.40.